The van der Waals surface area contributed by atoms with Gasteiger partial charge in [0.2, 0.25) is 5.16 Å². The van der Waals surface area contributed by atoms with Gasteiger partial charge in [-0.15, -0.1) is 5.10 Å². The molecule has 1 saturated carbocycles. The molecule has 2 heterocycles. The standard InChI is InChI=1S/C20H25N5OS/c26-19(25-13-12-17(24-25)16-8-2-1-3-9-16)14-27-20-21-18(22-23-20)11-10-15-6-4-5-7-15/h1-3,8-9,15H,4-7,10-14H2,(H,21,22,23). The predicted octanol–water partition coefficient (Wildman–Crippen LogP) is 3.66. The molecule has 1 fully saturated rings. The van der Waals surface area contributed by atoms with E-state index in [-0.39, 0.29) is 5.91 Å². The largest absolute Gasteiger partial charge is 0.272 e. The van der Waals surface area contributed by atoms with Gasteiger partial charge in [-0.1, -0.05) is 67.8 Å². The van der Waals surface area contributed by atoms with Gasteiger partial charge in [-0.25, -0.2) is 9.99 Å². The summed E-state index contributed by atoms with van der Waals surface area (Å²) in [6.07, 6.45) is 8.38. The third kappa shape index (κ3) is 4.77. The van der Waals surface area contributed by atoms with Crippen LogP contribution in [0, 0.1) is 5.92 Å². The summed E-state index contributed by atoms with van der Waals surface area (Å²) < 4.78 is 0. The van der Waals surface area contributed by atoms with Crippen molar-refractivity contribution in [2.75, 3.05) is 12.3 Å². The van der Waals surface area contributed by atoms with Crippen molar-refractivity contribution in [1.29, 1.82) is 0 Å². The average Bonchev–Trinajstić information content (AvgIpc) is 3.47. The molecule has 0 unspecified atom stereocenters. The second-order valence-corrected chi connectivity index (χ2v) is 8.16. The summed E-state index contributed by atoms with van der Waals surface area (Å²) >= 11 is 1.38. The second kappa shape index (κ2) is 8.69. The number of hydrazone groups is 1. The van der Waals surface area contributed by atoms with E-state index < -0.39 is 0 Å². The number of hydrogen-bond donors (Lipinski definition) is 1. The van der Waals surface area contributed by atoms with Crippen LogP contribution in [0.25, 0.3) is 0 Å². The van der Waals surface area contributed by atoms with Crippen molar-refractivity contribution in [1.82, 2.24) is 20.2 Å². The highest BCUT2D eigenvalue weighted by molar-refractivity contribution is 7.99. The molecule has 1 aliphatic heterocycles. The Labute approximate surface area is 163 Å². The van der Waals surface area contributed by atoms with Crippen molar-refractivity contribution >= 4 is 23.4 Å². The van der Waals surface area contributed by atoms with E-state index in [4.69, 9.17) is 0 Å². The van der Waals surface area contributed by atoms with Crippen molar-refractivity contribution in [2.24, 2.45) is 11.0 Å². The third-order valence-electron chi connectivity index (χ3n) is 5.30. The second-order valence-electron chi connectivity index (χ2n) is 7.22. The molecule has 1 aromatic carbocycles. The van der Waals surface area contributed by atoms with E-state index in [0.29, 0.717) is 17.5 Å². The first kappa shape index (κ1) is 18.2. The molecule has 2 aliphatic rings. The Hall–Kier alpha value is -2.15. The van der Waals surface area contributed by atoms with Crippen LogP contribution in [0.5, 0.6) is 0 Å². The molecule has 0 bridgehead atoms. The molecule has 1 aliphatic carbocycles. The summed E-state index contributed by atoms with van der Waals surface area (Å²) in [6, 6.07) is 10.0. The molecular formula is C20H25N5OS. The number of aromatic amines is 1. The Balaban J connectivity index is 1.25. The minimum absolute atomic E-state index is 0.00300. The van der Waals surface area contributed by atoms with Gasteiger partial charge in [0.25, 0.3) is 5.91 Å². The number of hydrogen-bond acceptors (Lipinski definition) is 5. The molecule has 0 radical (unpaired) electrons. The SMILES string of the molecule is O=C(CSc1n[nH]c(CCC2CCCC2)n1)N1CCC(c2ccccc2)=N1. The average molecular weight is 384 g/mol. The fraction of sp³-hybridized carbons (Fsp3) is 0.500. The Kier molecular flexibility index (Phi) is 5.87. The van der Waals surface area contributed by atoms with Gasteiger partial charge in [-0.3, -0.25) is 9.89 Å². The molecule has 6 nitrogen and oxygen atoms in total. The van der Waals surface area contributed by atoms with E-state index in [1.165, 1.54) is 43.9 Å². The molecule has 0 saturated heterocycles. The summed E-state index contributed by atoms with van der Waals surface area (Å²) in [5.74, 6) is 2.09. The van der Waals surface area contributed by atoms with Crippen LogP contribution >= 0.6 is 11.8 Å². The summed E-state index contributed by atoms with van der Waals surface area (Å²) in [6.45, 7) is 0.643. The third-order valence-corrected chi connectivity index (χ3v) is 6.13. The van der Waals surface area contributed by atoms with Crippen LogP contribution < -0.4 is 0 Å². The van der Waals surface area contributed by atoms with E-state index in [0.717, 1.165) is 35.9 Å². The first-order valence-corrected chi connectivity index (χ1v) is 10.7. The van der Waals surface area contributed by atoms with Crippen molar-refractivity contribution in [3.8, 4) is 0 Å². The van der Waals surface area contributed by atoms with Crippen LogP contribution in [-0.4, -0.2) is 44.1 Å². The quantitative estimate of drug-likeness (QED) is 0.741. The van der Waals surface area contributed by atoms with Crippen LogP contribution in [0.3, 0.4) is 0 Å². The number of aromatic nitrogens is 3. The molecule has 1 N–H and O–H groups in total. The number of carbonyl (C=O) groups excluding carboxylic acids is 1. The van der Waals surface area contributed by atoms with E-state index in [9.17, 15) is 4.79 Å². The predicted molar refractivity (Wildman–Crippen MR) is 107 cm³/mol. The maximum absolute atomic E-state index is 12.4. The Morgan fingerprint density at radius 1 is 1.22 bits per heavy atom. The lowest BCUT2D eigenvalue weighted by molar-refractivity contribution is -0.127. The number of benzene rings is 1. The number of H-pyrrole nitrogens is 1. The number of aryl methyl sites for hydroxylation is 1. The van der Waals surface area contributed by atoms with Gasteiger partial charge in [0.1, 0.15) is 5.82 Å². The lowest BCUT2D eigenvalue weighted by Crippen LogP contribution is -2.25. The van der Waals surface area contributed by atoms with E-state index in [1.54, 1.807) is 5.01 Å². The van der Waals surface area contributed by atoms with Crippen LogP contribution in [0.4, 0.5) is 0 Å². The number of rotatable bonds is 7. The zero-order valence-corrected chi connectivity index (χ0v) is 16.2. The lowest BCUT2D eigenvalue weighted by Gasteiger charge is -2.09. The van der Waals surface area contributed by atoms with Gasteiger partial charge < -0.3 is 0 Å². The number of nitrogens with one attached hydrogen (secondary N) is 1. The minimum Gasteiger partial charge on any atom is -0.272 e. The van der Waals surface area contributed by atoms with Crippen LogP contribution in [-0.2, 0) is 11.2 Å². The Bertz CT molecular complexity index is 798. The molecule has 1 amide bonds. The highest BCUT2D eigenvalue weighted by Crippen LogP contribution is 2.28. The molecule has 2 aromatic rings. The molecule has 27 heavy (non-hydrogen) atoms. The van der Waals surface area contributed by atoms with Gasteiger partial charge in [0.05, 0.1) is 18.0 Å². The summed E-state index contributed by atoms with van der Waals surface area (Å²) in [7, 11) is 0. The first-order valence-electron chi connectivity index (χ1n) is 9.75. The number of thioether (sulfide) groups is 1. The molecule has 0 atom stereocenters. The zero-order chi connectivity index (χ0) is 18.5. The van der Waals surface area contributed by atoms with E-state index in [2.05, 4.69) is 20.3 Å². The van der Waals surface area contributed by atoms with E-state index in [1.807, 2.05) is 30.3 Å². The van der Waals surface area contributed by atoms with Crippen molar-refractivity contribution in [3.05, 3.63) is 41.7 Å². The monoisotopic (exact) mass is 383 g/mol. The van der Waals surface area contributed by atoms with Gasteiger partial charge in [0.15, 0.2) is 0 Å². The lowest BCUT2D eigenvalue weighted by atomic mass is 10.0. The van der Waals surface area contributed by atoms with Crippen molar-refractivity contribution in [3.63, 3.8) is 0 Å². The summed E-state index contributed by atoms with van der Waals surface area (Å²) in [5.41, 5.74) is 2.06. The maximum Gasteiger partial charge on any atom is 0.253 e. The highest BCUT2D eigenvalue weighted by Gasteiger charge is 2.22. The minimum atomic E-state index is 0.00300. The number of carbonyl (C=O) groups is 1. The Morgan fingerprint density at radius 2 is 2.04 bits per heavy atom. The molecule has 7 heteroatoms. The topological polar surface area (TPSA) is 74.2 Å². The van der Waals surface area contributed by atoms with Crippen LogP contribution in [0.1, 0.15) is 49.9 Å². The normalized spacial score (nSPS) is 17.5. The highest BCUT2D eigenvalue weighted by atomic mass is 32.2. The fourth-order valence-corrected chi connectivity index (χ4v) is 4.45. The van der Waals surface area contributed by atoms with E-state index >= 15 is 0 Å². The van der Waals surface area contributed by atoms with Gasteiger partial charge >= 0.3 is 0 Å². The van der Waals surface area contributed by atoms with Gasteiger partial charge in [-0.2, -0.15) is 5.10 Å². The molecule has 1 aromatic heterocycles. The Morgan fingerprint density at radius 3 is 2.85 bits per heavy atom. The first-order chi connectivity index (χ1) is 13.3. The molecular weight excluding hydrogens is 358 g/mol. The van der Waals surface area contributed by atoms with Crippen molar-refractivity contribution < 1.29 is 4.79 Å². The van der Waals surface area contributed by atoms with Crippen molar-refractivity contribution in [2.45, 2.75) is 50.1 Å². The molecule has 142 valence electrons. The number of nitrogens with zero attached hydrogens (tertiary/aromatic N) is 4. The number of amides is 1. The maximum atomic E-state index is 12.4. The van der Waals surface area contributed by atoms with Crippen LogP contribution in [0.2, 0.25) is 0 Å². The summed E-state index contributed by atoms with van der Waals surface area (Å²) in [4.78, 5) is 17.0. The zero-order valence-electron chi connectivity index (χ0n) is 15.4. The summed E-state index contributed by atoms with van der Waals surface area (Å²) in [5, 5.41) is 14.0. The van der Waals surface area contributed by atoms with Crippen LogP contribution in [0.15, 0.2) is 40.6 Å². The molecule has 0 spiro atoms. The van der Waals surface area contributed by atoms with Gasteiger partial charge in [-0.05, 0) is 17.9 Å². The van der Waals surface area contributed by atoms with Gasteiger partial charge in [0, 0.05) is 12.8 Å². The molecule has 4 rings (SSSR count). The smallest absolute Gasteiger partial charge is 0.253 e. The fourth-order valence-electron chi connectivity index (χ4n) is 3.77.